The number of aryl methyl sites for hydroxylation is 4. The summed E-state index contributed by atoms with van der Waals surface area (Å²) in [6, 6.07) is 21.9. The van der Waals surface area contributed by atoms with Gasteiger partial charge in [-0.15, -0.1) is 0 Å². The van der Waals surface area contributed by atoms with Gasteiger partial charge in [-0.1, -0.05) is 41.9 Å². The van der Waals surface area contributed by atoms with Gasteiger partial charge in [0, 0.05) is 34.6 Å². The maximum Gasteiger partial charge on any atom is 0.273 e. The first-order valence-electron chi connectivity index (χ1n) is 13.0. The van der Waals surface area contributed by atoms with Crippen LogP contribution >= 0.6 is 11.6 Å². The monoisotopic (exact) mass is 523 g/mol. The van der Waals surface area contributed by atoms with E-state index in [1.165, 1.54) is 16.7 Å². The van der Waals surface area contributed by atoms with Crippen molar-refractivity contribution >= 4 is 28.8 Å². The topological polar surface area (TPSA) is 47.7 Å². The molecule has 6 heteroatoms. The number of hydrogen-bond donors (Lipinski definition) is 1. The summed E-state index contributed by atoms with van der Waals surface area (Å²) < 4.78 is 9.77. The number of nitrogens with zero attached hydrogens (tertiary/aromatic N) is 2. The normalized spacial score (nSPS) is 12.9. The van der Waals surface area contributed by atoms with Crippen LogP contribution in [-0.2, 0) is 13.0 Å². The maximum absolute atomic E-state index is 14.1. The number of amides is 1. The molecule has 38 heavy (non-hydrogen) atoms. The fourth-order valence-corrected chi connectivity index (χ4v) is 5.66. The first-order valence-corrected chi connectivity index (χ1v) is 13.4. The average molecular weight is 524 g/mol. The van der Waals surface area contributed by atoms with Crippen molar-refractivity contribution in [1.82, 2.24) is 8.97 Å². The molecule has 2 aromatic heterocycles. The third-order valence-electron chi connectivity index (χ3n) is 7.63. The van der Waals surface area contributed by atoms with Gasteiger partial charge in [0.05, 0.1) is 12.8 Å². The van der Waals surface area contributed by atoms with Gasteiger partial charge in [0.1, 0.15) is 17.1 Å². The van der Waals surface area contributed by atoms with Crippen molar-refractivity contribution in [2.75, 3.05) is 12.4 Å². The van der Waals surface area contributed by atoms with Crippen LogP contribution in [0.25, 0.3) is 28.0 Å². The Bertz CT molecular complexity index is 1660. The van der Waals surface area contributed by atoms with Crippen molar-refractivity contribution in [3.05, 3.63) is 100 Å². The standard InChI is InChI=1S/C32H30ClN3O2/c1-20-7-8-23(18-21(20)2)29-27-6-4-5-17-35-28(22-9-11-24(33)12-10-22)19-36(32(27)35)30(29)31(37)34-25-13-15-26(38-3)16-14-25/h7-16,18-19H,4-6,17H2,1-3H3,(H,34,37). The number of aromatic nitrogens is 2. The van der Waals surface area contributed by atoms with E-state index >= 15 is 0 Å². The lowest BCUT2D eigenvalue weighted by molar-refractivity contribution is 0.102. The summed E-state index contributed by atoms with van der Waals surface area (Å²) in [7, 11) is 1.63. The number of benzene rings is 3. The van der Waals surface area contributed by atoms with Crippen LogP contribution in [0.1, 0.15) is 40.0 Å². The molecule has 0 bridgehead atoms. The van der Waals surface area contributed by atoms with Crippen molar-refractivity contribution in [2.45, 2.75) is 39.7 Å². The second kappa shape index (κ2) is 9.73. The minimum absolute atomic E-state index is 0.134. The molecular weight excluding hydrogens is 494 g/mol. The predicted molar refractivity (Wildman–Crippen MR) is 155 cm³/mol. The largest absolute Gasteiger partial charge is 0.497 e. The van der Waals surface area contributed by atoms with Gasteiger partial charge in [-0.3, -0.25) is 9.20 Å². The van der Waals surface area contributed by atoms with Crippen LogP contribution in [0, 0.1) is 13.8 Å². The number of nitrogens with one attached hydrogen (secondary N) is 1. The molecule has 3 heterocycles. The Labute approximate surface area is 227 Å². The Balaban J connectivity index is 1.59. The summed E-state index contributed by atoms with van der Waals surface area (Å²) in [4.78, 5) is 14.1. The number of halogens is 1. The van der Waals surface area contributed by atoms with Crippen molar-refractivity contribution in [3.63, 3.8) is 0 Å². The van der Waals surface area contributed by atoms with Gasteiger partial charge in [0.25, 0.3) is 5.91 Å². The molecule has 0 saturated carbocycles. The van der Waals surface area contributed by atoms with E-state index in [2.05, 4.69) is 52.5 Å². The fourth-order valence-electron chi connectivity index (χ4n) is 5.53. The molecule has 0 saturated heterocycles. The summed E-state index contributed by atoms with van der Waals surface area (Å²) in [5, 5.41) is 3.85. The van der Waals surface area contributed by atoms with E-state index in [0.29, 0.717) is 10.7 Å². The van der Waals surface area contributed by atoms with Gasteiger partial charge in [-0.2, -0.15) is 0 Å². The highest BCUT2D eigenvalue weighted by molar-refractivity contribution is 6.30. The predicted octanol–water partition coefficient (Wildman–Crippen LogP) is 7.94. The third kappa shape index (κ3) is 4.17. The number of imidazole rings is 1. The minimum atomic E-state index is -0.134. The second-order valence-corrected chi connectivity index (χ2v) is 10.4. The SMILES string of the molecule is COc1ccc(NC(=O)c2c(-c3ccc(C)c(C)c3)c3c4n(c(-c5ccc(Cl)cc5)cn24)CCCC3)cc1. The summed E-state index contributed by atoms with van der Waals surface area (Å²) in [5.74, 6) is 0.614. The smallest absolute Gasteiger partial charge is 0.273 e. The van der Waals surface area contributed by atoms with Gasteiger partial charge in [0.15, 0.2) is 0 Å². The van der Waals surface area contributed by atoms with Gasteiger partial charge in [-0.05, 0) is 91.8 Å². The first kappa shape index (κ1) is 24.4. The molecule has 1 aliphatic heterocycles. The van der Waals surface area contributed by atoms with E-state index in [-0.39, 0.29) is 5.91 Å². The van der Waals surface area contributed by atoms with Crippen LogP contribution in [0.2, 0.25) is 5.02 Å². The Morgan fingerprint density at radius 1 is 0.921 bits per heavy atom. The number of rotatable bonds is 5. The van der Waals surface area contributed by atoms with E-state index in [0.717, 1.165) is 65.3 Å². The Morgan fingerprint density at radius 3 is 2.37 bits per heavy atom. The van der Waals surface area contributed by atoms with Gasteiger partial charge in [0.2, 0.25) is 0 Å². The van der Waals surface area contributed by atoms with Crippen LogP contribution in [0.3, 0.4) is 0 Å². The van der Waals surface area contributed by atoms with Crippen LogP contribution in [0.15, 0.2) is 72.9 Å². The molecule has 1 amide bonds. The quantitative estimate of drug-likeness (QED) is 0.254. The number of carbonyl (C=O) groups is 1. The summed E-state index contributed by atoms with van der Waals surface area (Å²) in [5.41, 5.74) is 10.4. The van der Waals surface area contributed by atoms with Crippen molar-refractivity contribution in [2.24, 2.45) is 0 Å². The lowest BCUT2D eigenvalue weighted by atomic mass is 9.95. The lowest BCUT2D eigenvalue weighted by Crippen LogP contribution is -2.15. The summed E-state index contributed by atoms with van der Waals surface area (Å²) >= 11 is 6.20. The zero-order chi connectivity index (χ0) is 26.4. The molecule has 0 unspecified atom stereocenters. The zero-order valence-corrected chi connectivity index (χ0v) is 22.6. The van der Waals surface area contributed by atoms with Crippen molar-refractivity contribution in [3.8, 4) is 28.1 Å². The van der Waals surface area contributed by atoms with E-state index in [9.17, 15) is 4.79 Å². The Morgan fingerprint density at radius 2 is 1.66 bits per heavy atom. The molecule has 0 fully saturated rings. The van der Waals surface area contributed by atoms with Crippen molar-refractivity contribution in [1.29, 1.82) is 0 Å². The molecule has 3 aromatic carbocycles. The molecular formula is C32H30ClN3O2. The van der Waals surface area contributed by atoms with Crippen LogP contribution in [-0.4, -0.2) is 22.0 Å². The molecule has 0 aliphatic carbocycles. The number of carbonyl (C=O) groups excluding carboxylic acids is 1. The van der Waals surface area contributed by atoms with E-state index in [1.807, 2.05) is 48.5 Å². The number of hydrogen-bond acceptors (Lipinski definition) is 2. The number of methoxy groups -OCH3 is 1. The fraction of sp³-hybridized carbons (Fsp3) is 0.219. The third-order valence-corrected chi connectivity index (χ3v) is 7.88. The molecule has 0 spiro atoms. The lowest BCUT2D eigenvalue weighted by Gasteiger charge is -2.12. The molecule has 6 rings (SSSR count). The number of ether oxygens (including phenoxy) is 1. The maximum atomic E-state index is 14.1. The summed E-state index contributed by atoms with van der Waals surface area (Å²) in [6.07, 6.45) is 5.19. The highest BCUT2D eigenvalue weighted by Gasteiger charge is 2.29. The Hall–Kier alpha value is -3.96. The van der Waals surface area contributed by atoms with E-state index in [4.69, 9.17) is 16.3 Å². The minimum Gasteiger partial charge on any atom is -0.497 e. The van der Waals surface area contributed by atoms with E-state index < -0.39 is 0 Å². The molecule has 5 aromatic rings. The first-order chi connectivity index (χ1) is 18.4. The molecule has 0 radical (unpaired) electrons. The molecule has 0 atom stereocenters. The van der Waals surface area contributed by atoms with Crippen LogP contribution in [0.5, 0.6) is 5.75 Å². The number of anilines is 1. The van der Waals surface area contributed by atoms with Crippen LogP contribution in [0.4, 0.5) is 5.69 Å². The van der Waals surface area contributed by atoms with Gasteiger partial charge in [-0.25, -0.2) is 0 Å². The van der Waals surface area contributed by atoms with E-state index in [1.54, 1.807) is 7.11 Å². The second-order valence-electron chi connectivity index (χ2n) is 10.0. The molecule has 1 N–H and O–H groups in total. The molecule has 192 valence electrons. The molecule has 5 nitrogen and oxygen atoms in total. The highest BCUT2D eigenvalue weighted by Crippen LogP contribution is 2.40. The van der Waals surface area contributed by atoms with Crippen molar-refractivity contribution < 1.29 is 9.53 Å². The van der Waals surface area contributed by atoms with Gasteiger partial charge < -0.3 is 14.6 Å². The van der Waals surface area contributed by atoms with Crippen LogP contribution < -0.4 is 10.1 Å². The zero-order valence-electron chi connectivity index (χ0n) is 21.8. The molecule has 1 aliphatic rings. The Kier molecular flexibility index (Phi) is 6.24. The van der Waals surface area contributed by atoms with Gasteiger partial charge >= 0.3 is 0 Å². The average Bonchev–Trinajstić information content (AvgIpc) is 3.34. The summed E-state index contributed by atoms with van der Waals surface area (Å²) in [6.45, 7) is 5.15. The highest BCUT2D eigenvalue weighted by atomic mass is 35.5.